The van der Waals surface area contributed by atoms with Crippen LogP contribution in [0.2, 0.25) is 0 Å². The number of carbonyl (C=O) groups is 3. The molecule has 0 bridgehead atoms. The molecular formula is C50H93NO4. The van der Waals surface area contributed by atoms with Crippen LogP contribution >= 0.6 is 0 Å². The summed E-state index contributed by atoms with van der Waals surface area (Å²) in [7, 11) is 0. The molecule has 5 heteroatoms. The zero-order chi connectivity index (χ0) is 40.3. The van der Waals surface area contributed by atoms with E-state index in [1.54, 1.807) is 0 Å². The smallest absolute Gasteiger partial charge is 0.220 e. The summed E-state index contributed by atoms with van der Waals surface area (Å²) in [5, 5.41) is 13.9. The molecule has 0 aliphatic heterocycles. The van der Waals surface area contributed by atoms with Crippen molar-refractivity contribution < 1.29 is 19.5 Å². The van der Waals surface area contributed by atoms with Gasteiger partial charge in [0.2, 0.25) is 5.91 Å². The van der Waals surface area contributed by atoms with Crippen LogP contribution in [0.25, 0.3) is 0 Å². The number of aliphatic hydroxyl groups is 1. The SMILES string of the molecule is CCCCCCCC/C=C\CCCCCCCC(=O)C(O)C(NC(=O)CCCCCCCCCCC)C(=O)CCCCCCC/C=C\CCCCCCCC. The third kappa shape index (κ3) is 37.6. The lowest BCUT2D eigenvalue weighted by atomic mass is 9.95. The normalized spacial score (nSPS) is 12.9. The van der Waals surface area contributed by atoms with Crippen LogP contribution in [0.4, 0.5) is 0 Å². The molecule has 1 amide bonds. The Morgan fingerprint density at radius 3 is 1.00 bits per heavy atom. The van der Waals surface area contributed by atoms with Crippen LogP contribution in [0.1, 0.15) is 265 Å². The minimum atomic E-state index is -1.46. The first-order chi connectivity index (χ1) is 27.0. The monoisotopic (exact) mass is 772 g/mol. The van der Waals surface area contributed by atoms with Gasteiger partial charge >= 0.3 is 0 Å². The number of aliphatic hydroxyl groups excluding tert-OH is 1. The fourth-order valence-corrected chi connectivity index (χ4v) is 7.41. The molecule has 0 spiro atoms. The zero-order valence-corrected chi connectivity index (χ0v) is 37.0. The largest absolute Gasteiger partial charge is 0.383 e. The lowest BCUT2D eigenvalue weighted by Gasteiger charge is -2.22. The van der Waals surface area contributed by atoms with Crippen LogP contribution in [0, 0.1) is 0 Å². The van der Waals surface area contributed by atoms with E-state index in [1.807, 2.05) is 0 Å². The van der Waals surface area contributed by atoms with Gasteiger partial charge in [0.15, 0.2) is 11.6 Å². The number of unbranched alkanes of at least 4 members (excludes halogenated alkanes) is 30. The maximum Gasteiger partial charge on any atom is 0.220 e. The molecule has 2 atom stereocenters. The molecule has 0 aromatic rings. The van der Waals surface area contributed by atoms with Crippen LogP contribution in [0.3, 0.4) is 0 Å². The third-order valence-corrected chi connectivity index (χ3v) is 11.2. The zero-order valence-electron chi connectivity index (χ0n) is 37.0. The van der Waals surface area contributed by atoms with Crippen molar-refractivity contribution in [2.24, 2.45) is 0 Å². The van der Waals surface area contributed by atoms with Gasteiger partial charge in [0, 0.05) is 19.3 Å². The Kier molecular flexibility index (Phi) is 42.0. The predicted molar refractivity (Wildman–Crippen MR) is 239 cm³/mol. The molecule has 322 valence electrons. The summed E-state index contributed by atoms with van der Waals surface area (Å²) in [6.45, 7) is 6.75. The maximum absolute atomic E-state index is 13.4. The number of rotatable bonds is 44. The Morgan fingerprint density at radius 1 is 0.382 bits per heavy atom. The van der Waals surface area contributed by atoms with E-state index in [9.17, 15) is 19.5 Å². The second-order valence-electron chi connectivity index (χ2n) is 16.7. The van der Waals surface area contributed by atoms with Crippen molar-refractivity contribution in [1.82, 2.24) is 5.32 Å². The molecule has 0 heterocycles. The molecule has 0 aromatic heterocycles. The summed E-state index contributed by atoms with van der Waals surface area (Å²) in [6.07, 6.45) is 50.1. The molecule has 0 saturated carbocycles. The van der Waals surface area contributed by atoms with Crippen molar-refractivity contribution in [1.29, 1.82) is 0 Å². The van der Waals surface area contributed by atoms with Crippen LogP contribution in [-0.2, 0) is 14.4 Å². The van der Waals surface area contributed by atoms with Gasteiger partial charge in [-0.25, -0.2) is 0 Å². The van der Waals surface area contributed by atoms with Gasteiger partial charge in [0.25, 0.3) is 0 Å². The van der Waals surface area contributed by atoms with Crippen LogP contribution < -0.4 is 5.32 Å². The molecule has 55 heavy (non-hydrogen) atoms. The van der Waals surface area contributed by atoms with Crippen molar-refractivity contribution in [2.75, 3.05) is 0 Å². The van der Waals surface area contributed by atoms with Gasteiger partial charge < -0.3 is 10.4 Å². The Balaban J connectivity index is 4.52. The van der Waals surface area contributed by atoms with E-state index in [0.717, 1.165) is 77.0 Å². The van der Waals surface area contributed by atoms with Gasteiger partial charge in [-0.1, -0.05) is 199 Å². The Bertz CT molecular complexity index is 911. The van der Waals surface area contributed by atoms with Crippen molar-refractivity contribution in [3.8, 4) is 0 Å². The maximum atomic E-state index is 13.4. The van der Waals surface area contributed by atoms with Crippen molar-refractivity contribution in [2.45, 2.75) is 277 Å². The summed E-state index contributed by atoms with van der Waals surface area (Å²) < 4.78 is 0. The highest BCUT2D eigenvalue weighted by atomic mass is 16.3. The number of ketones is 2. The number of amides is 1. The van der Waals surface area contributed by atoms with Gasteiger partial charge in [-0.15, -0.1) is 0 Å². The average molecular weight is 772 g/mol. The molecular weight excluding hydrogens is 679 g/mol. The highest BCUT2D eigenvalue weighted by molar-refractivity contribution is 5.96. The minimum Gasteiger partial charge on any atom is -0.383 e. The third-order valence-electron chi connectivity index (χ3n) is 11.2. The summed E-state index contributed by atoms with van der Waals surface area (Å²) in [4.78, 5) is 39.3. The summed E-state index contributed by atoms with van der Waals surface area (Å²) in [5.41, 5.74) is 0. The molecule has 2 N–H and O–H groups in total. The molecule has 0 saturated heterocycles. The molecule has 2 unspecified atom stereocenters. The summed E-state index contributed by atoms with van der Waals surface area (Å²) >= 11 is 0. The first-order valence-electron chi connectivity index (χ1n) is 24.3. The van der Waals surface area contributed by atoms with E-state index in [0.29, 0.717) is 19.3 Å². The number of allylic oxidation sites excluding steroid dienone is 4. The highest BCUT2D eigenvalue weighted by Crippen LogP contribution is 2.16. The minimum absolute atomic E-state index is 0.205. The van der Waals surface area contributed by atoms with Crippen molar-refractivity contribution in [3.05, 3.63) is 24.3 Å². The van der Waals surface area contributed by atoms with E-state index < -0.39 is 12.1 Å². The number of Topliss-reactive ketones (excluding diaryl/α,β-unsaturated/α-hetero) is 2. The Labute approximate surface area is 342 Å². The van der Waals surface area contributed by atoms with E-state index in [1.165, 1.54) is 141 Å². The van der Waals surface area contributed by atoms with Crippen LogP contribution in [0.5, 0.6) is 0 Å². The quantitative estimate of drug-likeness (QED) is 0.0477. The number of nitrogens with one attached hydrogen (secondary N) is 1. The first kappa shape index (κ1) is 53.2. The Hall–Kier alpha value is -1.75. The van der Waals surface area contributed by atoms with Gasteiger partial charge in [-0.3, -0.25) is 14.4 Å². The van der Waals surface area contributed by atoms with E-state index >= 15 is 0 Å². The van der Waals surface area contributed by atoms with Crippen molar-refractivity contribution in [3.63, 3.8) is 0 Å². The van der Waals surface area contributed by atoms with Gasteiger partial charge in [0.05, 0.1) is 0 Å². The van der Waals surface area contributed by atoms with Crippen LogP contribution in [0.15, 0.2) is 24.3 Å². The van der Waals surface area contributed by atoms with Crippen molar-refractivity contribution >= 4 is 17.5 Å². The molecule has 0 aromatic carbocycles. The lowest BCUT2D eigenvalue weighted by Crippen LogP contribution is -2.51. The highest BCUT2D eigenvalue weighted by Gasteiger charge is 2.32. The molecule has 0 aliphatic carbocycles. The molecule has 0 rings (SSSR count). The second-order valence-corrected chi connectivity index (χ2v) is 16.7. The standard InChI is InChI=1S/C50H93NO4/c1-4-7-10-13-16-19-21-23-25-27-29-32-34-37-40-43-46(52)49(51-48(54)45-42-39-36-31-18-15-12-9-6-3)50(55)47(53)44-41-38-35-33-30-28-26-24-22-20-17-14-11-8-5-2/h23-26,49-50,55H,4-22,27-45H2,1-3H3,(H,51,54)/b25-23-,26-24-. The Morgan fingerprint density at radius 2 is 0.655 bits per heavy atom. The molecule has 0 fully saturated rings. The lowest BCUT2D eigenvalue weighted by molar-refractivity contribution is -0.137. The predicted octanol–water partition coefficient (Wildman–Crippen LogP) is 15.0. The molecule has 0 radical (unpaired) electrons. The number of hydrogen-bond donors (Lipinski definition) is 2. The van der Waals surface area contributed by atoms with Gasteiger partial charge in [0.1, 0.15) is 12.1 Å². The number of hydrogen-bond acceptors (Lipinski definition) is 4. The van der Waals surface area contributed by atoms with Gasteiger partial charge in [-0.05, 0) is 70.6 Å². The first-order valence-corrected chi connectivity index (χ1v) is 24.3. The molecule has 0 aliphatic rings. The fraction of sp³-hybridized carbons (Fsp3) is 0.860. The average Bonchev–Trinajstić information content (AvgIpc) is 3.18. The van der Waals surface area contributed by atoms with Crippen LogP contribution in [-0.4, -0.2) is 34.7 Å². The second kappa shape index (κ2) is 43.4. The number of carbonyl (C=O) groups excluding carboxylic acids is 3. The van der Waals surface area contributed by atoms with E-state index in [4.69, 9.17) is 0 Å². The molecule has 5 nitrogen and oxygen atoms in total. The van der Waals surface area contributed by atoms with Gasteiger partial charge in [-0.2, -0.15) is 0 Å². The van der Waals surface area contributed by atoms with E-state index in [2.05, 4.69) is 50.4 Å². The fourth-order valence-electron chi connectivity index (χ4n) is 7.41. The topological polar surface area (TPSA) is 83.5 Å². The summed E-state index contributed by atoms with van der Waals surface area (Å²) in [6, 6.07) is -1.13. The summed E-state index contributed by atoms with van der Waals surface area (Å²) in [5.74, 6) is -0.744. The van der Waals surface area contributed by atoms with E-state index in [-0.39, 0.29) is 23.9 Å².